The zero-order valence-corrected chi connectivity index (χ0v) is 19.2. The van der Waals surface area contributed by atoms with Gasteiger partial charge in [-0.3, -0.25) is 0 Å². The number of hydrogen-bond acceptors (Lipinski definition) is 6. The van der Waals surface area contributed by atoms with Crippen LogP contribution in [0.15, 0.2) is 24.3 Å². The van der Waals surface area contributed by atoms with E-state index in [1.54, 1.807) is 11.8 Å². The molecule has 0 spiro atoms. The fourth-order valence-corrected chi connectivity index (χ4v) is 5.00. The van der Waals surface area contributed by atoms with Crippen LogP contribution < -0.4 is 10.2 Å². The van der Waals surface area contributed by atoms with Crippen molar-refractivity contribution in [1.29, 1.82) is 0 Å². The number of rotatable bonds is 4. The third kappa shape index (κ3) is 4.49. The molecule has 2 unspecified atom stereocenters. The minimum absolute atomic E-state index is 0.0286. The number of pyridine rings is 1. The van der Waals surface area contributed by atoms with Gasteiger partial charge < -0.3 is 15.0 Å². The average Bonchev–Trinajstić information content (AvgIpc) is 3.04. The molecule has 186 valence electrons. The number of alkyl halides is 3. The number of aryl methyl sites for hydroxylation is 1. The van der Waals surface area contributed by atoms with Gasteiger partial charge in [0.1, 0.15) is 11.6 Å². The molecule has 0 amide bonds. The topological polar surface area (TPSA) is 63.2 Å². The second kappa shape index (κ2) is 8.85. The van der Waals surface area contributed by atoms with Gasteiger partial charge in [0.2, 0.25) is 0 Å². The predicted octanol–water partition coefficient (Wildman–Crippen LogP) is 5.42. The first-order valence-corrected chi connectivity index (χ1v) is 11.4. The van der Waals surface area contributed by atoms with E-state index in [2.05, 4.69) is 20.5 Å². The Hall–Kier alpha value is -3.08. The van der Waals surface area contributed by atoms with Gasteiger partial charge in [0.05, 0.1) is 35.6 Å². The smallest absolute Gasteiger partial charge is 0.379 e. The van der Waals surface area contributed by atoms with Crippen molar-refractivity contribution in [1.82, 2.24) is 15.2 Å². The number of benzene rings is 1. The van der Waals surface area contributed by atoms with Crippen LogP contribution >= 0.6 is 0 Å². The third-order valence-corrected chi connectivity index (χ3v) is 6.74. The number of ether oxygens (including phenoxy) is 1. The standard InChI is InChI=1S/C24H24F5N5O/c1-12(17-4-3-15(25)8-19(17)26)30-23-18-9-20(34-10-14-5-6-35-11-16(34)7-14)22(24(27,28)29)31-21(18)13(2)32-33-23/h3-4,8-9,12,14,16H,5-7,10-11H2,1-2H3,(H,30,33)/t12-,14?,16?/m1/s1. The summed E-state index contributed by atoms with van der Waals surface area (Å²) in [6.45, 7) is 4.63. The van der Waals surface area contributed by atoms with Gasteiger partial charge in [0.25, 0.3) is 0 Å². The Labute approximate surface area is 198 Å². The van der Waals surface area contributed by atoms with E-state index in [-0.39, 0.29) is 40.2 Å². The number of nitrogens with zero attached hydrogens (tertiary/aromatic N) is 4. The van der Waals surface area contributed by atoms with Crippen molar-refractivity contribution >= 4 is 22.4 Å². The third-order valence-electron chi connectivity index (χ3n) is 6.74. The van der Waals surface area contributed by atoms with Crippen molar-refractivity contribution in [3.63, 3.8) is 0 Å². The van der Waals surface area contributed by atoms with Gasteiger partial charge in [-0.15, -0.1) is 5.10 Å². The summed E-state index contributed by atoms with van der Waals surface area (Å²) in [5.74, 6) is -1.04. The lowest BCUT2D eigenvalue weighted by atomic mass is 10.0. The Kier molecular flexibility index (Phi) is 5.98. The molecule has 0 radical (unpaired) electrons. The minimum Gasteiger partial charge on any atom is -0.379 e. The Balaban J connectivity index is 1.61. The molecule has 2 aromatic heterocycles. The first kappa shape index (κ1) is 23.7. The molecule has 6 nitrogen and oxygen atoms in total. The quantitative estimate of drug-likeness (QED) is 0.490. The Morgan fingerprint density at radius 3 is 2.71 bits per heavy atom. The average molecular weight is 493 g/mol. The fraction of sp³-hybridized carbons (Fsp3) is 0.458. The van der Waals surface area contributed by atoms with Crippen LogP contribution in [0.1, 0.15) is 42.8 Å². The van der Waals surface area contributed by atoms with Gasteiger partial charge in [0, 0.05) is 30.2 Å². The van der Waals surface area contributed by atoms with Gasteiger partial charge in [-0.05, 0) is 44.7 Å². The summed E-state index contributed by atoms with van der Waals surface area (Å²) in [6.07, 6.45) is -3.12. The lowest BCUT2D eigenvalue weighted by Gasteiger charge is -2.30. The molecule has 2 bridgehead atoms. The summed E-state index contributed by atoms with van der Waals surface area (Å²) in [5.41, 5.74) is -0.525. The van der Waals surface area contributed by atoms with Crippen LogP contribution in [0.4, 0.5) is 33.5 Å². The molecule has 2 fully saturated rings. The second-order valence-electron chi connectivity index (χ2n) is 9.19. The predicted molar refractivity (Wildman–Crippen MR) is 120 cm³/mol. The van der Waals surface area contributed by atoms with E-state index >= 15 is 0 Å². The highest BCUT2D eigenvalue weighted by molar-refractivity contribution is 5.93. The van der Waals surface area contributed by atoms with Gasteiger partial charge >= 0.3 is 6.18 Å². The first-order valence-electron chi connectivity index (χ1n) is 11.4. The lowest BCUT2D eigenvalue weighted by Crippen LogP contribution is -2.36. The largest absolute Gasteiger partial charge is 0.435 e. The zero-order valence-electron chi connectivity index (χ0n) is 19.2. The molecule has 2 aliphatic heterocycles. The molecule has 3 atom stereocenters. The van der Waals surface area contributed by atoms with Crippen LogP contribution in [0.25, 0.3) is 10.9 Å². The van der Waals surface area contributed by atoms with Crippen LogP contribution in [0.5, 0.6) is 0 Å². The first-order chi connectivity index (χ1) is 16.6. The van der Waals surface area contributed by atoms with E-state index in [0.29, 0.717) is 25.1 Å². The highest BCUT2D eigenvalue weighted by Crippen LogP contribution is 2.43. The van der Waals surface area contributed by atoms with E-state index in [4.69, 9.17) is 4.74 Å². The molecule has 1 N–H and O–H groups in total. The summed E-state index contributed by atoms with van der Waals surface area (Å²) in [4.78, 5) is 5.76. The maximum atomic E-state index is 14.3. The summed E-state index contributed by atoms with van der Waals surface area (Å²) >= 11 is 0. The summed E-state index contributed by atoms with van der Waals surface area (Å²) in [5, 5.41) is 11.5. The molecule has 0 saturated carbocycles. The van der Waals surface area contributed by atoms with Crippen molar-refractivity contribution in [2.45, 2.75) is 44.9 Å². The minimum atomic E-state index is -4.68. The molecule has 3 aromatic rings. The summed E-state index contributed by atoms with van der Waals surface area (Å²) in [7, 11) is 0. The number of nitrogens with one attached hydrogen (secondary N) is 1. The van der Waals surface area contributed by atoms with Crippen LogP contribution in [0.3, 0.4) is 0 Å². The molecule has 35 heavy (non-hydrogen) atoms. The zero-order chi connectivity index (χ0) is 24.9. The summed E-state index contributed by atoms with van der Waals surface area (Å²) in [6, 6.07) is 3.83. The van der Waals surface area contributed by atoms with Crippen molar-refractivity contribution in [2.75, 3.05) is 30.0 Å². The van der Waals surface area contributed by atoms with Crippen LogP contribution in [0.2, 0.25) is 0 Å². The van der Waals surface area contributed by atoms with Crippen LogP contribution in [-0.2, 0) is 10.9 Å². The van der Waals surface area contributed by atoms with Crippen molar-refractivity contribution in [3.05, 3.63) is 52.9 Å². The molecule has 4 heterocycles. The Morgan fingerprint density at radius 2 is 1.97 bits per heavy atom. The maximum absolute atomic E-state index is 14.3. The maximum Gasteiger partial charge on any atom is 0.435 e. The SMILES string of the molecule is Cc1nnc(N[C@H](C)c2ccc(F)cc2F)c2cc(N3CC4CCOCC3C4)c(C(F)(F)F)nc12. The highest BCUT2D eigenvalue weighted by Gasteiger charge is 2.42. The van der Waals surface area contributed by atoms with Gasteiger partial charge in [-0.2, -0.15) is 18.3 Å². The van der Waals surface area contributed by atoms with Gasteiger partial charge in [0.15, 0.2) is 11.5 Å². The Morgan fingerprint density at radius 1 is 1.17 bits per heavy atom. The van der Waals surface area contributed by atoms with Crippen molar-refractivity contribution in [2.24, 2.45) is 5.92 Å². The van der Waals surface area contributed by atoms with Gasteiger partial charge in [-0.25, -0.2) is 13.8 Å². The molecular weight excluding hydrogens is 469 g/mol. The molecule has 0 aliphatic carbocycles. The second-order valence-corrected chi connectivity index (χ2v) is 9.19. The monoisotopic (exact) mass is 493 g/mol. The van der Waals surface area contributed by atoms with E-state index in [1.165, 1.54) is 19.1 Å². The van der Waals surface area contributed by atoms with Crippen molar-refractivity contribution in [3.8, 4) is 0 Å². The van der Waals surface area contributed by atoms with E-state index in [0.717, 1.165) is 25.0 Å². The van der Waals surface area contributed by atoms with Gasteiger partial charge in [-0.1, -0.05) is 6.07 Å². The molecule has 5 rings (SSSR count). The van der Waals surface area contributed by atoms with E-state index < -0.39 is 29.5 Å². The van der Waals surface area contributed by atoms with Crippen molar-refractivity contribution < 1.29 is 26.7 Å². The normalized spacial score (nSPS) is 21.3. The number of halogens is 5. The van der Waals surface area contributed by atoms with Crippen LogP contribution in [-0.4, -0.2) is 41.0 Å². The number of fused-ring (bicyclic) bond motifs is 3. The van der Waals surface area contributed by atoms with Crippen LogP contribution in [0, 0.1) is 24.5 Å². The highest BCUT2D eigenvalue weighted by atomic mass is 19.4. The molecular formula is C24H24F5N5O. The van der Waals surface area contributed by atoms with E-state index in [1.807, 2.05) is 0 Å². The number of anilines is 2. The lowest BCUT2D eigenvalue weighted by molar-refractivity contribution is -0.140. The molecule has 1 aromatic carbocycles. The molecule has 11 heteroatoms. The fourth-order valence-electron chi connectivity index (χ4n) is 5.00. The number of aromatic nitrogens is 3. The summed E-state index contributed by atoms with van der Waals surface area (Å²) < 4.78 is 75.7. The number of hydrogen-bond donors (Lipinski definition) is 1. The molecule has 2 saturated heterocycles. The Bertz CT molecular complexity index is 1270. The van der Waals surface area contributed by atoms with E-state index in [9.17, 15) is 22.0 Å². The molecule has 2 aliphatic rings.